The van der Waals surface area contributed by atoms with Gasteiger partial charge in [0.05, 0.1) is 11.1 Å². The second-order valence-corrected chi connectivity index (χ2v) is 4.68. The van der Waals surface area contributed by atoms with Gasteiger partial charge in [0.2, 0.25) is 0 Å². The molecule has 2 rings (SSSR count). The summed E-state index contributed by atoms with van der Waals surface area (Å²) in [7, 11) is 0. The Kier molecular flexibility index (Phi) is 4.56. The van der Waals surface area contributed by atoms with Crippen LogP contribution in [0.4, 0.5) is 0 Å². The minimum Gasteiger partial charge on any atom is -0.508 e. The number of phenolic OH excluding ortho intramolecular Hbond substituents is 3. The van der Waals surface area contributed by atoms with Crippen molar-refractivity contribution in [3.63, 3.8) is 0 Å². The third-order valence-corrected chi connectivity index (χ3v) is 2.98. The fourth-order valence-electron chi connectivity index (χ4n) is 1.92. The Balaban J connectivity index is 2.14. The molecule has 0 heterocycles. The highest BCUT2D eigenvalue weighted by molar-refractivity contribution is 6.02. The summed E-state index contributed by atoms with van der Waals surface area (Å²) in [6.07, 6.45) is 9.29. The highest BCUT2D eigenvalue weighted by Gasteiger charge is 2.15. The van der Waals surface area contributed by atoms with Crippen LogP contribution in [0, 0.1) is 0 Å². The van der Waals surface area contributed by atoms with Crippen LogP contribution in [0.25, 0.3) is 6.08 Å². The molecule has 1 aromatic rings. The molecule has 23 heavy (non-hydrogen) atoms. The molecule has 1 aliphatic rings. The topological polar surface area (TPSA) is 118 Å². The lowest BCUT2D eigenvalue weighted by Gasteiger charge is -2.08. The van der Waals surface area contributed by atoms with Crippen molar-refractivity contribution >= 4 is 11.9 Å². The van der Waals surface area contributed by atoms with Crippen LogP contribution in [0.2, 0.25) is 0 Å². The van der Waals surface area contributed by atoms with E-state index in [0.717, 1.165) is 24.3 Å². The molecule has 1 aromatic carbocycles. The summed E-state index contributed by atoms with van der Waals surface area (Å²) < 4.78 is 0. The van der Waals surface area contributed by atoms with Gasteiger partial charge in [-0.1, -0.05) is 18.2 Å². The first-order chi connectivity index (χ1) is 10.9. The first-order valence-corrected chi connectivity index (χ1v) is 6.54. The largest absolute Gasteiger partial charge is 0.508 e. The van der Waals surface area contributed by atoms with Crippen LogP contribution in [0.3, 0.4) is 0 Å². The van der Waals surface area contributed by atoms with E-state index in [1.54, 1.807) is 0 Å². The number of hydrogen-bond acceptors (Lipinski definition) is 6. The number of ketones is 1. The van der Waals surface area contributed by atoms with E-state index < -0.39 is 5.78 Å². The van der Waals surface area contributed by atoms with Gasteiger partial charge in [0.15, 0.2) is 5.78 Å². The Morgan fingerprint density at radius 1 is 0.783 bits per heavy atom. The number of carbonyl (C=O) groups is 1. The highest BCUT2D eigenvalue weighted by atomic mass is 16.3. The molecule has 0 amide bonds. The smallest absolute Gasteiger partial charge is 0.186 e. The molecule has 0 saturated carbocycles. The average molecular weight is 314 g/mol. The molecule has 1 aliphatic carbocycles. The number of rotatable bonds is 3. The fourth-order valence-corrected chi connectivity index (χ4v) is 1.92. The number of benzene rings is 1. The summed E-state index contributed by atoms with van der Waals surface area (Å²) in [5.74, 6) is -1.99. The van der Waals surface area contributed by atoms with Crippen LogP contribution in [-0.2, 0) is 4.79 Å². The number of aliphatic hydroxyl groups excluding tert-OH is 2. The van der Waals surface area contributed by atoms with Crippen LogP contribution < -0.4 is 0 Å². The number of aliphatic hydroxyl groups is 2. The van der Waals surface area contributed by atoms with Crippen LogP contribution in [-0.4, -0.2) is 31.3 Å². The third-order valence-electron chi connectivity index (χ3n) is 2.98. The summed E-state index contributed by atoms with van der Waals surface area (Å²) in [4.78, 5) is 11.1. The number of phenols is 3. The predicted molar refractivity (Wildman–Crippen MR) is 84.1 cm³/mol. The molecule has 6 heteroatoms. The standard InChI is InChI=1S/C17H14O6/c18-10-6-14(20)12(15(21)7-10)4-2-1-3-5-13-16(22)8-11(19)9-17(13)23/h1-9,18,20-23H/b3-1-,4-2+. The maximum atomic E-state index is 11.1. The first kappa shape index (κ1) is 16.0. The monoisotopic (exact) mass is 314 g/mol. The van der Waals surface area contributed by atoms with E-state index >= 15 is 0 Å². The molecule has 0 atom stereocenters. The van der Waals surface area contributed by atoms with E-state index in [9.17, 15) is 30.3 Å². The molecule has 0 fully saturated rings. The maximum Gasteiger partial charge on any atom is 0.186 e. The van der Waals surface area contributed by atoms with Crippen molar-refractivity contribution in [2.24, 2.45) is 0 Å². The van der Waals surface area contributed by atoms with Gasteiger partial charge in [-0.3, -0.25) is 4.79 Å². The lowest BCUT2D eigenvalue weighted by atomic mass is 10.0. The molecule has 5 N–H and O–H groups in total. The van der Waals surface area contributed by atoms with Crippen molar-refractivity contribution in [1.82, 2.24) is 0 Å². The van der Waals surface area contributed by atoms with Gasteiger partial charge in [-0.25, -0.2) is 0 Å². The number of aromatic hydroxyl groups is 3. The second-order valence-electron chi connectivity index (χ2n) is 4.68. The summed E-state index contributed by atoms with van der Waals surface area (Å²) in [6, 6.07) is 2.19. The van der Waals surface area contributed by atoms with Crippen LogP contribution in [0.15, 0.2) is 65.7 Å². The predicted octanol–water partition coefficient (Wildman–Crippen LogP) is 2.77. The lowest BCUT2D eigenvalue weighted by Crippen LogP contribution is -2.04. The summed E-state index contributed by atoms with van der Waals surface area (Å²) in [6.45, 7) is 0. The van der Waals surface area contributed by atoms with Gasteiger partial charge in [0.25, 0.3) is 0 Å². The summed E-state index contributed by atoms with van der Waals surface area (Å²) in [5, 5.41) is 47.6. The average Bonchev–Trinajstić information content (AvgIpc) is 2.42. The fraction of sp³-hybridized carbons (Fsp3) is 0. The van der Waals surface area contributed by atoms with E-state index in [-0.39, 0.29) is 39.9 Å². The van der Waals surface area contributed by atoms with Crippen LogP contribution in [0.1, 0.15) is 5.56 Å². The van der Waals surface area contributed by atoms with Crippen molar-refractivity contribution in [3.8, 4) is 17.2 Å². The van der Waals surface area contributed by atoms with Crippen molar-refractivity contribution in [2.75, 3.05) is 0 Å². The van der Waals surface area contributed by atoms with Crippen molar-refractivity contribution < 1.29 is 30.3 Å². The Morgan fingerprint density at radius 3 is 1.91 bits per heavy atom. The number of allylic oxidation sites excluding steroid dienone is 6. The summed E-state index contributed by atoms with van der Waals surface area (Å²) >= 11 is 0. The Morgan fingerprint density at radius 2 is 1.35 bits per heavy atom. The van der Waals surface area contributed by atoms with Gasteiger partial charge >= 0.3 is 0 Å². The zero-order valence-electron chi connectivity index (χ0n) is 11.8. The molecule has 0 saturated heterocycles. The van der Waals surface area contributed by atoms with E-state index in [1.807, 2.05) is 0 Å². The minimum atomic E-state index is -0.501. The second kappa shape index (κ2) is 6.57. The molecular formula is C17H14O6. The van der Waals surface area contributed by atoms with Gasteiger partial charge in [-0.2, -0.15) is 0 Å². The van der Waals surface area contributed by atoms with Crippen molar-refractivity contribution in [1.29, 1.82) is 0 Å². The third kappa shape index (κ3) is 3.82. The maximum absolute atomic E-state index is 11.1. The van der Waals surface area contributed by atoms with Crippen molar-refractivity contribution in [2.45, 2.75) is 0 Å². The molecular weight excluding hydrogens is 300 g/mol. The van der Waals surface area contributed by atoms with Crippen LogP contribution >= 0.6 is 0 Å². The highest BCUT2D eigenvalue weighted by Crippen LogP contribution is 2.32. The van der Waals surface area contributed by atoms with E-state index in [2.05, 4.69) is 0 Å². The Bertz CT molecular complexity index is 746. The van der Waals surface area contributed by atoms with E-state index in [1.165, 1.54) is 30.4 Å². The van der Waals surface area contributed by atoms with Gasteiger partial charge < -0.3 is 25.5 Å². The zero-order chi connectivity index (χ0) is 17.0. The molecule has 0 aliphatic heterocycles. The molecule has 0 spiro atoms. The van der Waals surface area contributed by atoms with E-state index in [0.29, 0.717) is 0 Å². The van der Waals surface area contributed by atoms with E-state index in [4.69, 9.17) is 0 Å². The SMILES string of the molecule is O=C1C=C(O)C(=C/C=C\C=C\c2c(O)cc(O)cc2O)C(O)=C1. The Hall–Kier alpha value is -3.41. The van der Waals surface area contributed by atoms with Gasteiger partial charge in [-0.15, -0.1) is 0 Å². The summed E-state index contributed by atoms with van der Waals surface area (Å²) in [5.41, 5.74) is 0.235. The quantitative estimate of drug-likeness (QED) is 0.547. The molecule has 0 bridgehead atoms. The molecule has 0 radical (unpaired) electrons. The van der Waals surface area contributed by atoms with Crippen molar-refractivity contribution in [3.05, 3.63) is 71.2 Å². The van der Waals surface area contributed by atoms with Gasteiger partial charge in [-0.05, 0) is 12.2 Å². The molecule has 6 nitrogen and oxygen atoms in total. The van der Waals surface area contributed by atoms with Crippen LogP contribution in [0.5, 0.6) is 17.2 Å². The minimum absolute atomic E-state index is 0.101. The van der Waals surface area contributed by atoms with Gasteiger partial charge in [0, 0.05) is 24.3 Å². The number of hydrogen-bond donors (Lipinski definition) is 5. The molecule has 0 unspecified atom stereocenters. The van der Waals surface area contributed by atoms with Gasteiger partial charge in [0.1, 0.15) is 28.8 Å². The zero-order valence-corrected chi connectivity index (χ0v) is 11.8. The normalized spacial score (nSPS) is 15.1. The number of carbonyl (C=O) groups excluding carboxylic acids is 1. The molecule has 0 aromatic heterocycles. The molecule has 118 valence electrons. The first-order valence-electron chi connectivity index (χ1n) is 6.54. The lowest BCUT2D eigenvalue weighted by molar-refractivity contribution is -0.110. The Labute approximate surface area is 131 Å².